The molecule has 88 valence electrons. The normalized spacial score (nSPS) is 14.9. The van der Waals surface area contributed by atoms with Gasteiger partial charge >= 0.3 is 0 Å². The van der Waals surface area contributed by atoms with Crippen LogP contribution in [-0.2, 0) is 0 Å². The first kappa shape index (κ1) is 12.9. The fraction of sp³-hybridized carbons (Fsp3) is 0.462. The van der Waals surface area contributed by atoms with E-state index in [-0.39, 0.29) is 0 Å². The molecule has 0 aliphatic rings. The highest BCUT2D eigenvalue weighted by molar-refractivity contribution is 6.02. The van der Waals surface area contributed by atoms with Crippen LogP contribution < -0.4 is 0 Å². The molecule has 1 aromatic rings. The first-order valence-electron chi connectivity index (χ1n) is 5.36. The summed E-state index contributed by atoms with van der Waals surface area (Å²) in [5.74, 6) is -0.0483. The molecule has 0 heterocycles. The van der Waals surface area contributed by atoms with Crippen LogP contribution in [-0.4, -0.2) is 28.2 Å². The number of rotatable bonds is 4. The number of hydrogen-bond donors (Lipinski definition) is 2. The maximum atomic E-state index is 11.8. The maximum absolute atomic E-state index is 11.8. The Morgan fingerprint density at radius 3 is 2.19 bits per heavy atom. The molecular weight excluding hydrogens is 204 g/mol. The standard InChI is InChI=1S/C13H18O3/c1-9(2)10-4-6-11(7-5-10)12(15)13(3,16)8-14/h4-7,9,14,16H,8H2,1-3H3. The van der Waals surface area contributed by atoms with Crippen LogP contribution in [0.25, 0.3) is 0 Å². The predicted molar refractivity (Wildman–Crippen MR) is 62.6 cm³/mol. The van der Waals surface area contributed by atoms with Crippen LogP contribution >= 0.6 is 0 Å². The monoisotopic (exact) mass is 222 g/mol. The molecule has 0 aliphatic carbocycles. The van der Waals surface area contributed by atoms with Crippen molar-refractivity contribution < 1.29 is 15.0 Å². The summed E-state index contributed by atoms with van der Waals surface area (Å²) in [6.45, 7) is 4.88. The van der Waals surface area contributed by atoms with Crippen LogP contribution in [0.4, 0.5) is 0 Å². The van der Waals surface area contributed by atoms with Crippen molar-refractivity contribution in [2.75, 3.05) is 6.61 Å². The number of aliphatic hydroxyl groups is 2. The highest BCUT2D eigenvalue weighted by atomic mass is 16.3. The van der Waals surface area contributed by atoms with E-state index in [2.05, 4.69) is 13.8 Å². The predicted octanol–water partition coefficient (Wildman–Crippen LogP) is 1.74. The van der Waals surface area contributed by atoms with Crippen molar-refractivity contribution in [2.24, 2.45) is 0 Å². The molecule has 0 saturated carbocycles. The van der Waals surface area contributed by atoms with E-state index in [1.807, 2.05) is 12.1 Å². The quantitative estimate of drug-likeness (QED) is 0.763. The number of aliphatic hydroxyl groups excluding tert-OH is 1. The number of carbonyl (C=O) groups excluding carboxylic acids is 1. The minimum atomic E-state index is -1.70. The molecule has 0 spiro atoms. The maximum Gasteiger partial charge on any atom is 0.196 e. The molecule has 0 fully saturated rings. The lowest BCUT2D eigenvalue weighted by Crippen LogP contribution is -2.38. The molecule has 0 aliphatic heterocycles. The van der Waals surface area contributed by atoms with Gasteiger partial charge in [-0.25, -0.2) is 0 Å². The van der Waals surface area contributed by atoms with Crippen LogP contribution in [0.5, 0.6) is 0 Å². The summed E-state index contributed by atoms with van der Waals surface area (Å²) in [5, 5.41) is 18.5. The molecule has 1 rings (SSSR count). The Balaban J connectivity index is 2.94. The van der Waals surface area contributed by atoms with Crippen LogP contribution in [0, 0.1) is 0 Å². The lowest BCUT2D eigenvalue weighted by atomic mass is 9.93. The molecule has 0 radical (unpaired) electrons. The Kier molecular flexibility index (Phi) is 3.83. The van der Waals surface area contributed by atoms with Gasteiger partial charge in [-0.3, -0.25) is 4.79 Å². The summed E-state index contributed by atoms with van der Waals surface area (Å²) in [7, 11) is 0. The number of hydrogen-bond acceptors (Lipinski definition) is 3. The van der Waals surface area contributed by atoms with Crippen molar-refractivity contribution in [3.63, 3.8) is 0 Å². The second-order valence-electron chi connectivity index (χ2n) is 4.54. The molecule has 0 amide bonds. The Morgan fingerprint density at radius 1 is 1.31 bits per heavy atom. The summed E-state index contributed by atoms with van der Waals surface area (Å²) in [5.41, 5.74) is -0.136. The fourth-order valence-electron chi connectivity index (χ4n) is 1.40. The average Bonchev–Trinajstić information content (AvgIpc) is 2.28. The minimum Gasteiger partial charge on any atom is -0.393 e. The van der Waals surface area contributed by atoms with E-state index in [0.29, 0.717) is 11.5 Å². The number of benzene rings is 1. The van der Waals surface area contributed by atoms with Crippen LogP contribution in [0.15, 0.2) is 24.3 Å². The van der Waals surface area contributed by atoms with Crippen molar-refractivity contribution >= 4 is 5.78 Å². The zero-order chi connectivity index (χ0) is 12.3. The number of carbonyl (C=O) groups is 1. The Morgan fingerprint density at radius 2 is 1.81 bits per heavy atom. The topological polar surface area (TPSA) is 57.5 Å². The van der Waals surface area contributed by atoms with Crippen molar-refractivity contribution in [2.45, 2.75) is 32.3 Å². The van der Waals surface area contributed by atoms with E-state index in [1.54, 1.807) is 12.1 Å². The highest BCUT2D eigenvalue weighted by Gasteiger charge is 2.30. The first-order valence-corrected chi connectivity index (χ1v) is 5.36. The van der Waals surface area contributed by atoms with Gasteiger partial charge in [0, 0.05) is 5.56 Å². The second-order valence-corrected chi connectivity index (χ2v) is 4.54. The Bertz CT molecular complexity index is 363. The SMILES string of the molecule is CC(C)c1ccc(C(=O)C(C)(O)CO)cc1. The molecule has 0 aromatic heterocycles. The minimum absolute atomic E-state index is 0.405. The highest BCUT2D eigenvalue weighted by Crippen LogP contribution is 2.18. The summed E-state index contributed by atoms with van der Waals surface area (Å²) in [6.07, 6.45) is 0. The van der Waals surface area contributed by atoms with E-state index < -0.39 is 18.0 Å². The van der Waals surface area contributed by atoms with Gasteiger partial charge in [-0.15, -0.1) is 0 Å². The van der Waals surface area contributed by atoms with Gasteiger partial charge in [0.25, 0.3) is 0 Å². The molecule has 16 heavy (non-hydrogen) atoms. The molecule has 1 atom stereocenters. The van der Waals surface area contributed by atoms with Gasteiger partial charge in [-0.2, -0.15) is 0 Å². The van der Waals surface area contributed by atoms with Crippen molar-refractivity contribution in [1.29, 1.82) is 0 Å². The van der Waals surface area contributed by atoms with E-state index >= 15 is 0 Å². The van der Waals surface area contributed by atoms with Crippen LogP contribution in [0.2, 0.25) is 0 Å². The zero-order valence-corrected chi connectivity index (χ0v) is 9.90. The third-order valence-electron chi connectivity index (χ3n) is 2.64. The summed E-state index contributed by atoms with van der Waals surface area (Å²) in [4.78, 5) is 11.8. The van der Waals surface area contributed by atoms with Gasteiger partial charge in [0.05, 0.1) is 6.61 Å². The molecule has 3 heteroatoms. The molecule has 0 saturated heterocycles. The molecular formula is C13H18O3. The Labute approximate surface area is 95.7 Å². The van der Waals surface area contributed by atoms with Crippen LogP contribution in [0.3, 0.4) is 0 Å². The van der Waals surface area contributed by atoms with Gasteiger partial charge in [-0.1, -0.05) is 38.1 Å². The Hall–Kier alpha value is -1.19. The van der Waals surface area contributed by atoms with Gasteiger partial charge in [0.15, 0.2) is 5.78 Å². The van der Waals surface area contributed by atoms with E-state index in [4.69, 9.17) is 5.11 Å². The van der Waals surface area contributed by atoms with Gasteiger partial charge < -0.3 is 10.2 Å². The van der Waals surface area contributed by atoms with E-state index in [9.17, 15) is 9.90 Å². The third-order valence-corrected chi connectivity index (χ3v) is 2.64. The second kappa shape index (κ2) is 4.76. The van der Waals surface area contributed by atoms with Gasteiger partial charge in [0.1, 0.15) is 5.60 Å². The first-order chi connectivity index (χ1) is 7.38. The van der Waals surface area contributed by atoms with E-state index in [0.717, 1.165) is 5.56 Å². The molecule has 1 aromatic carbocycles. The van der Waals surface area contributed by atoms with Gasteiger partial charge in [0.2, 0.25) is 0 Å². The average molecular weight is 222 g/mol. The zero-order valence-electron chi connectivity index (χ0n) is 9.90. The summed E-state index contributed by atoms with van der Waals surface area (Å²) >= 11 is 0. The summed E-state index contributed by atoms with van der Waals surface area (Å²) in [6, 6.07) is 7.10. The lowest BCUT2D eigenvalue weighted by Gasteiger charge is -2.18. The largest absolute Gasteiger partial charge is 0.393 e. The third kappa shape index (κ3) is 2.68. The van der Waals surface area contributed by atoms with Gasteiger partial charge in [-0.05, 0) is 18.4 Å². The van der Waals surface area contributed by atoms with E-state index in [1.165, 1.54) is 6.92 Å². The lowest BCUT2D eigenvalue weighted by molar-refractivity contribution is 0.00991. The molecule has 0 bridgehead atoms. The fourth-order valence-corrected chi connectivity index (χ4v) is 1.40. The van der Waals surface area contributed by atoms with Crippen molar-refractivity contribution in [1.82, 2.24) is 0 Å². The number of Topliss-reactive ketones (excluding diaryl/α,β-unsaturated/α-hetero) is 1. The molecule has 3 nitrogen and oxygen atoms in total. The molecule has 1 unspecified atom stereocenters. The molecule has 2 N–H and O–H groups in total. The summed E-state index contributed by atoms with van der Waals surface area (Å²) < 4.78 is 0. The van der Waals surface area contributed by atoms with Crippen LogP contribution in [0.1, 0.15) is 42.6 Å². The van der Waals surface area contributed by atoms with Crippen molar-refractivity contribution in [3.05, 3.63) is 35.4 Å². The number of ketones is 1. The van der Waals surface area contributed by atoms with Crippen molar-refractivity contribution in [3.8, 4) is 0 Å². The smallest absolute Gasteiger partial charge is 0.196 e.